The van der Waals surface area contributed by atoms with Crippen molar-refractivity contribution in [2.75, 3.05) is 4.90 Å². The third-order valence-corrected chi connectivity index (χ3v) is 12.4. The van der Waals surface area contributed by atoms with Crippen LogP contribution in [0.25, 0.3) is 93.9 Å². The van der Waals surface area contributed by atoms with Gasteiger partial charge in [-0.05, 0) is 82.4 Å². The van der Waals surface area contributed by atoms with Crippen LogP contribution in [0.3, 0.4) is 0 Å². The number of aromatic nitrogens is 1. The molecule has 0 bridgehead atoms. The van der Waals surface area contributed by atoms with Crippen LogP contribution in [0.1, 0.15) is 0 Å². The van der Waals surface area contributed by atoms with E-state index in [0.717, 1.165) is 72.5 Å². The highest BCUT2D eigenvalue weighted by atomic mass is 16.3. The number of furan rings is 1. The second kappa shape index (κ2) is 15.3. The summed E-state index contributed by atoms with van der Waals surface area (Å²) in [7, 11) is 0. The lowest BCUT2D eigenvalue weighted by atomic mass is 9.94. The first-order valence-corrected chi connectivity index (χ1v) is 21.5. The standard InChI is InChI=1S/C60H40N2O/c1-2-18-41(19-3-1)46-22-4-5-23-47(46)42-36-38-44(39-37-42)61(45-21-16-20-43(40-45)48-29-17-30-54-53-28-10-15-35-59(53)63-60(48)54)55-31-11-6-24-49(55)50-25-7-12-32-56(50)62-57-33-13-8-26-51(57)52-27-9-14-34-58(52)62/h1-40H. The Morgan fingerprint density at radius 1 is 0.317 bits per heavy atom. The molecule has 2 heterocycles. The van der Waals surface area contributed by atoms with E-state index in [1.807, 2.05) is 12.1 Å². The Hall–Kier alpha value is -8.40. The van der Waals surface area contributed by atoms with Crippen LogP contribution >= 0.6 is 0 Å². The van der Waals surface area contributed by atoms with Crippen molar-refractivity contribution in [3.63, 3.8) is 0 Å². The number of hydrogen-bond acceptors (Lipinski definition) is 2. The molecule has 0 N–H and O–H groups in total. The number of nitrogens with zero attached hydrogens (tertiary/aromatic N) is 2. The molecule has 0 saturated heterocycles. The molecule has 0 unspecified atom stereocenters. The molecule has 0 saturated carbocycles. The Bertz CT molecular complexity index is 3580. The summed E-state index contributed by atoms with van der Waals surface area (Å²) in [6, 6.07) is 87.1. The molecular formula is C60H40N2O. The molecule has 12 aromatic rings. The van der Waals surface area contributed by atoms with Crippen LogP contribution in [0.5, 0.6) is 0 Å². The summed E-state index contributed by atoms with van der Waals surface area (Å²) in [5.74, 6) is 0. The second-order valence-corrected chi connectivity index (χ2v) is 16.0. The Morgan fingerprint density at radius 2 is 0.841 bits per heavy atom. The van der Waals surface area contributed by atoms with Gasteiger partial charge in [-0.1, -0.05) is 188 Å². The molecule has 63 heavy (non-hydrogen) atoms. The minimum atomic E-state index is 0.891. The Labute approximate surface area is 366 Å². The van der Waals surface area contributed by atoms with Crippen LogP contribution in [0.2, 0.25) is 0 Å². The minimum Gasteiger partial charge on any atom is -0.455 e. The van der Waals surface area contributed by atoms with Gasteiger partial charge < -0.3 is 13.9 Å². The van der Waals surface area contributed by atoms with Gasteiger partial charge in [0.15, 0.2) is 0 Å². The Morgan fingerprint density at radius 3 is 1.59 bits per heavy atom. The molecule has 0 aliphatic rings. The van der Waals surface area contributed by atoms with Gasteiger partial charge in [-0.3, -0.25) is 0 Å². The molecule has 0 fully saturated rings. The molecule has 296 valence electrons. The number of rotatable bonds is 8. The van der Waals surface area contributed by atoms with Gasteiger partial charge >= 0.3 is 0 Å². The van der Waals surface area contributed by atoms with Crippen LogP contribution in [0.15, 0.2) is 247 Å². The lowest BCUT2D eigenvalue weighted by Crippen LogP contribution is -2.12. The van der Waals surface area contributed by atoms with E-state index in [0.29, 0.717) is 0 Å². The van der Waals surface area contributed by atoms with Gasteiger partial charge in [-0.2, -0.15) is 0 Å². The quantitative estimate of drug-likeness (QED) is 0.153. The van der Waals surface area contributed by atoms with Gasteiger partial charge in [0.25, 0.3) is 0 Å². The molecule has 10 aromatic carbocycles. The highest BCUT2D eigenvalue weighted by molar-refractivity contribution is 6.11. The average molecular weight is 805 g/mol. The average Bonchev–Trinajstić information content (AvgIpc) is 3.91. The van der Waals surface area contributed by atoms with Crippen LogP contribution in [-0.2, 0) is 0 Å². The van der Waals surface area contributed by atoms with Crippen LogP contribution in [0, 0.1) is 0 Å². The van der Waals surface area contributed by atoms with Crippen molar-refractivity contribution in [3.8, 4) is 50.2 Å². The van der Waals surface area contributed by atoms with E-state index < -0.39 is 0 Å². The molecule has 0 spiro atoms. The zero-order valence-electron chi connectivity index (χ0n) is 34.4. The highest BCUT2D eigenvalue weighted by Crippen LogP contribution is 2.46. The maximum atomic E-state index is 6.58. The molecule has 0 atom stereocenters. The molecule has 2 aromatic heterocycles. The van der Waals surface area contributed by atoms with Gasteiger partial charge in [-0.15, -0.1) is 0 Å². The summed E-state index contributed by atoms with van der Waals surface area (Å²) in [6.45, 7) is 0. The number of hydrogen-bond donors (Lipinski definition) is 0. The summed E-state index contributed by atoms with van der Waals surface area (Å²) in [6.07, 6.45) is 0. The van der Waals surface area contributed by atoms with Gasteiger partial charge in [0.2, 0.25) is 0 Å². The molecule has 0 amide bonds. The third kappa shape index (κ3) is 6.21. The van der Waals surface area contributed by atoms with Crippen LogP contribution < -0.4 is 4.90 Å². The topological polar surface area (TPSA) is 21.3 Å². The summed E-state index contributed by atoms with van der Waals surface area (Å²) in [4.78, 5) is 2.41. The number of fused-ring (bicyclic) bond motifs is 6. The highest BCUT2D eigenvalue weighted by Gasteiger charge is 2.22. The molecule has 12 rings (SSSR count). The number of anilines is 3. The maximum absolute atomic E-state index is 6.58. The lowest BCUT2D eigenvalue weighted by Gasteiger charge is -2.29. The third-order valence-electron chi connectivity index (χ3n) is 12.4. The van der Waals surface area contributed by atoms with Gasteiger partial charge in [0, 0.05) is 49.6 Å². The summed E-state index contributed by atoms with van der Waals surface area (Å²) in [5.41, 5.74) is 17.6. The molecule has 0 aliphatic carbocycles. The van der Waals surface area contributed by atoms with E-state index in [1.54, 1.807) is 0 Å². The van der Waals surface area contributed by atoms with E-state index in [1.165, 1.54) is 38.5 Å². The van der Waals surface area contributed by atoms with Crippen molar-refractivity contribution >= 4 is 60.8 Å². The lowest BCUT2D eigenvalue weighted by molar-refractivity contribution is 0.670. The Kier molecular flexibility index (Phi) is 8.83. The van der Waals surface area contributed by atoms with E-state index in [4.69, 9.17) is 4.42 Å². The second-order valence-electron chi connectivity index (χ2n) is 16.0. The van der Waals surface area contributed by atoms with E-state index in [2.05, 4.69) is 240 Å². The zero-order chi connectivity index (χ0) is 41.7. The van der Waals surface area contributed by atoms with Crippen molar-refractivity contribution < 1.29 is 4.42 Å². The zero-order valence-corrected chi connectivity index (χ0v) is 34.4. The summed E-state index contributed by atoms with van der Waals surface area (Å²) in [5, 5.41) is 4.71. The van der Waals surface area contributed by atoms with E-state index >= 15 is 0 Å². The summed E-state index contributed by atoms with van der Waals surface area (Å²) >= 11 is 0. The normalized spacial score (nSPS) is 11.5. The SMILES string of the molecule is c1ccc(-c2ccccc2-c2ccc(N(c3cccc(-c4cccc5c4oc4ccccc45)c3)c3ccccc3-c3ccccc3-n3c4ccccc4c4ccccc43)cc2)cc1. The molecule has 3 heteroatoms. The number of benzene rings is 10. The predicted octanol–water partition coefficient (Wildman–Crippen LogP) is 16.8. The monoisotopic (exact) mass is 804 g/mol. The van der Waals surface area contributed by atoms with Crippen LogP contribution in [-0.4, -0.2) is 4.57 Å². The van der Waals surface area contributed by atoms with Crippen molar-refractivity contribution in [2.24, 2.45) is 0 Å². The first-order chi connectivity index (χ1) is 31.3. The van der Waals surface area contributed by atoms with Gasteiger partial charge in [-0.25, -0.2) is 0 Å². The van der Waals surface area contributed by atoms with Crippen molar-refractivity contribution in [3.05, 3.63) is 243 Å². The van der Waals surface area contributed by atoms with Crippen molar-refractivity contribution in [1.29, 1.82) is 0 Å². The fourth-order valence-electron chi connectivity index (χ4n) is 9.58. The fraction of sp³-hybridized carbons (Fsp3) is 0. The first-order valence-electron chi connectivity index (χ1n) is 21.5. The minimum absolute atomic E-state index is 0.891. The summed E-state index contributed by atoms with van der Waals surface area (Å²) < 4.78 is 9.00. The van der Waals surface area contributed by atoms with Crippen molar-refractivity contribution in [1.82, 2.24) is 4.57 Å². The first kappa shape index (κ1) is 36.5. The van der Waals surface area contributed by atoms with E-state index in [-0.39, 0.29) is 0 Å². The molecule has 0 radical (unpaired) electrons. The fourth-order valence-corrected chi connectivity index (χ4v) is 9.58. The Balaban J connectivity index is 1.06. The van der Waals surface area contributed by atoms with Crippen molar-refractivity contribution in [2.45, 2.75) is 0 Å². The van der Waals surface area contributed by atoms with Gasteiger partial charge in [0.1, 0.15) is 11.2 Å². The molecular weight excluding hydrogens is 765 g/mol. The smallest absolute Gasteiger partial charge is 0.143 e. The largest absolute Gasteiger partial charge is 0.455 e. The number of para-hydroxylation sites is 6. The maximum Gasteiger partial charge on any atom is 0.143 e. The van der Waals surface area contributed by atoms with Gasteiger partial charge in [0.05, 0.1) is 22.4 Å². The van der Waals surface area contributed by atoms with E-state index in [9.17, 15) is 0 Å². The van der Waals surface area contributed by atoms with Crippen LogP contribution in [0.4, 0.5) is 17.1 Å². The molecule has 3 nitrogen and oxygen atoms in total. The molecule has 0 aliphatic heterocycles. The predicted molar refractivity (Wildman–Crippen MR) is 264 cm³/mol.